The van der Waals surface area contributed by atoms with Crippen LogP contribution in [0.25, 0.3) is 11.0 Å². The summed E-state index contributed by atoms with van der Waals surface area (Å²) in [6.07, 6.45) is 0. The van der Waals surface area contributed by atoms with E-state index in [-0.39, 0.29) is 0 Å². The maximum atomic E-state index is 5.61. The number of rotatable bonds is 0. The third-order valence-electron chi connectivity index (χ3n) is 1.14. The molecule has 1 heterocycles. The molecule has 0 saturated heterocycles. The van der Waals surface area contributed by atoms with Crippen LogP contribution < -0.4 is 0 Å². The lowest BCUT2D eigenvalue weighted by Crippen LogP contribution is -1.68. The van der Waals surface area contributed by atoms with Crippen LogP contribution in [0.4, 0.5) is 0 Å². The highest BCUT2D eigenvalue weighted by molar-refractivity contribution is 6.31. The minimum atomic E-state index is 0.517. The van der Waals surface area contributed by atoms with Gasteiger partial charge in [0.2, 0.25) is 0 Å². The number of nitrogens with zero attached hydrogens (tertiary/aromatic N) is 2. The van der Waals surface area contributed by atoms with Crippen LogP contribution in [0, 0.1) is 6.07 Å². The molecule has 3 nitrogen and oxygen atoms in total. The fraction of sp³-hybridized carbons (Fsp3) is 0. The van der Waals surface area contributed by atoms with Crippen LogP contribution in [0.1, 0.15) is 0 Å². The van der Waals surface area contributed by atoms with E-state index in [1.165, 1.54) is 0 Å². The molecule has 1 radical (unpaired) electrons. The predicted octanol–water partition coefficient (Wildman–Crippen LogP) is 1.68. The molecular formula is C6H2ClN2O. The maximum Gasteiger partial charge on any atom is 0.144 e. The third-order valence-corrected chi connectivity index (χ3v) is 1.36. The van der Waals surface area contributed by atoms with Gasteiger partial charge in [-0.1, -0.05) is 11.6 Å². The summed E-state index contributed by atoms with van der Waals surface area (Å²) in [5.74, 6) is 0. The van der Waals surface area contributed by atoms with Crippen molar-refractivity contribution in [2.24, 2.45) is 0 Å². The highest BCUT2D eigenvalue weighted by atomic mass is 35.5. The summed E-state index contributed by atoms with van der Waals surface area (Å²) in [4.78, 5) is 0. The van der Waals surface area contributed by atoms with E-state index in [9.17, 15) is 0 Å². The molecule has 0 saturated carbocycles. The van der Waals surface area contributed by atoms with Gasteiger partial charge in [0.15, 0.2) is 0 Å². The fourth-order valence-corrected chi connectivity index (χ4v) is 0.851. The largest absolute Gasteiger partial charge is 0.243 e. The van der Waals surface area contributed by atoms with E-state index in [4.69, 9.17) is 11.6 Å². The zero-order valence-corrected chi connectivity index (χ0v) is 5.59. The SMILES string of the molecule is Clc1[c]c2nonc2cc1. The van der Waals surface area contributed by atoms with Gasteiger partial charge >= 0.3 is 0 Å². The molecular weight excluding hydrogens is 152 g/mol. The molecule has 4 heteroatoms. The Morgan fingerprint density at radius 3 is 3.20 bits per heavy atom. The molecule has 1 aromatic heterocycles. The van der Waals surface area contributed by atoms with Crippen molar-refractivity contribution in [3.63, 3.8) is 0 Å². The van der Waals surface area contributed by atoms with Gasteiger partial charge in [-0.05, 0) is 22.4 Å². The van der Waals surface area contributed by atoms with E-state index in [0.717, 1.165) is 0 Å². The molecule has 0 spiro atoms. The van der Waals surface area contributed by atoms with E-state index in [0.29, 0.717) is 16.1 Å². The fourth-order valence-electron chi connectivity index (χ4n) is 0.698. The van der Waals surface area contributed by atoms with E-state index >= 15 is 0 Å². The molecule has 0 unspecified atom stereocenters. The lowest BCUT2D eigenvalue weighted by molar-refractivity contribution is 0.315. The highest BCUT2D eigenvalue weighted by Crippen LogP contribution is 2.13. The van der Waals surface area contributed by atoms with Crippen molar-refractivity contribution in [1.29, 1.82) is 0 Å². The molecule has 0 aliphatic rings. The first kappa shape index (κ1) is 5.68. The number of fused-ring (bicyclic) bond motifs is 1. The van der Waals surface area contributed by atoms with Crippen LogP contribution >= 0.6 is 11.6 Å². The summed E-state index contributed by atoms with van der Waals surface area (Å²) >= 11 is 5.61. The van der Waals surface area contributed by atoms with Crippen LogP contribution in [0.5, 0.6) is 0 Å². The average molecular weight is 154 g/mol. The van der Waals surface area contributed by atoms with Gasteiger partial charge in [0.25, 0.3) is 0 Å². The molecule has 49 valence electrons. The van der Waals surface area contributed by atoms with Gasteiger partial charge in [-0.15, -0.1) is 0 Å². The Hall–Kier alpha value is -1.09. The number of benzene rings is 1. The summed E-state index contributed by atoms with van der Waals surface area (Å²) in [6.45, 7) is 0. The molecule has 0 atom stereocenters. The quantitative estimate of drug-likeness (QED) is 0.578. The van der Waals surface area contributed by atoms with Gasteiger partial charge in [0.05, 0.1) is 5.02 Å². The molecule has 0 amide bonds. The van der Waals surface area contributed by atoms with Crippen LogP contribution in [-0.4, -0.2) is 10.3 Å². The summed E-state index contributed by atoms with van der Waals surface area (Å²) in [7, 11) is 0. The minimum Gasteiger partial charge on any atom is -0.243 e. The summed E-state index contributed by atoms with van der Waals surface area (Å²) in [5.41, 5.74) is 1.23. The van der Waals surface area contributed by atoms with Crippen molar-refractivity contribution in [3.05, 3.63) is 23.2 Å². The summed E-state index contributed by atoms with van der Waals surface area (Å²) in [6, 6.07) is 6.18. The van der Waals surface area contributed by atoms with Crippen LogP contribution in [0.3, 0.4) is 0 Å². The highest BCUT2D eigenvalue weighted by Gasteiger charge is 1.98. The first-order valence-corrected chi connectivity index (χ1v) is 3.04. The molecule has 1 aromatic carbocycles. The Morgan fingerprint density at radius 2 is 2.30 bits per heavy atom. The number of halogens is 1. The number of aromatic nitrogens is 2. The second-order valence-corrected chi connectivity index (χ2v) is 2.21. The molecule has 2 aromatic rings. The first-order valence-electron chi connectivity index (χ1n) is 2.66. The third kappa shape index (κ3) is 0.752. The molecule has 2 rings (SSSR count). The molecule has 0 aliphatic carbocycles. The lowest BCUT2D eigenvalue weighted by atomic mass is 10.3. The second-order valence-electron chi connectivity index (χ2n) is 1.80. The normalized spacial score (nSPS) is 10.5. The molecule has 0 bridgehead atoms. The van der Waals surface area contributed by atoms with E-state index in [1.54, 1.807) is 12.1 Å². The van der Waals surface area contributed by atoms with Crippen molar-refractivity contribution in [1.82, 2.24) is 10.3 Å². The zero-order chi connectivity index (χ0) is 6.97. The molecule has 10 heavy (non-hydrogen) atoms. The monoisotopic (exact) mass is 153 g/mol. The lowest BCUT2D eigenvalue weighted by Gasteiger charge is -1.82. The van der Waals surface area contributed by atoms with Gasteiger partial charge in [0, 0.05) is 6.07 Å². The van der Waals surface area contributed by atoms with Crippen LogP contribution in [0.2, 0.25) is 5.02 Å². The summed E-state index contributed by atoms with van der Waals surface area (Å²) in [5, 5.41) is 7.65. The Labute approximate surface area is 61.6 Å². The standard InChI is InChI=1S/C6H2ClN2O/c7-4-1-2-5-6(3-4)9-10-8-5/h1-2H. The Bertz CT molecular complexity index is 357. The topological polar surface area (TPSA) is 38.9 Å². The van der Waals surface area contributed by atoms with Gasteiger partial charge < -0.3 is 0 Å². The van der Waals surface area contributed by atoms with Crippen molar-refractivity contribution < 1.29 is 4.63 Å². The Morgan fingerprint density at radius 1 is 1.40 bits per heavy atom. The van der Waals surface area contributed by atoms with Crippen molar-refractivity contribution in [2.75, 3.05) is 0 Å². The zero-order valence-electron chi connectivity index (χ0n) is 4.84. The maximum absolute atomic E-state index is 5.61. The van der Waals surface area contributed by atoms with Crippen molar-refractivity contribution in [3.8, 4) is 0 Å². The molecule has 0 fully saturated rings. The second kappa shape index (κ2) is 1.95. The van der Waals surface area contributed by atoms with Crippen LogP contribution in [-0.2, 0) is 0 Å². The van der Waals surface area contributed by atoms with E-state index in [2.05, 4.69) is 21.0 Å². The van der Waals surface area contributed by atoms with Crippen LogP contribution in [0.15, 0.2) is 16.8 Å². The Balaban J connectivity index is 2.86. The van der Waals surface area contributed by atoms with Gasteiger partial charge in [-0.2, -0.15) is 0 Å². The van der Waals surface area contributed by atoms with E-state index < -0.39 is 0 Å². The molecule has 0 N–H and O–H groups in total. The Kier molecular flexibility index (Phi) is 1.11. The minimum absolute atomic E-state index is 0.517. The van der Waals surface area contributed by atoms with Gasteiger partial charge in [-0.25, -0.2) is 4.63 Å². The summed E-state index contributed by atoms with van der Waals surface area (Å²) < 4.78 is 4.43. The van der Waals surface area contributed by atoms with Gasteiger partial charge in [0.1, 0.15) is 11.0 Å². The number of hydrogen-bond acceptors (Lipinski definition) is 3. The average Bonchev–Trinajstić information content (AvgIpc) is 2.33. The number of hydrogen-bond donors (Lipinski definition) is 0. The van der Waals surface area contributed by atoms with Crippen molar-refractivity contribution in [2.45, 2.75) is 0 Å². The van der Waals surface area contributed by atoms with Crippen molar-refractivity contribution >= 4 is 22.6 Å². The van der Waals surface area contributed by atoms with Gasteiger partial charge in [-0.3, -0.25) is 0 Å². The first-order chi connectivity index (χ1) is 4.86. The predicted molar refractivity (Wildman–Crippen MR) is 35.6 cm³/mol. The smallest absolute Gasteiger partial charge is 0.144 e. The van der Waals surface area contributed by atoms with E-state index in [1.807, 2.05) is 0 Å². The molecule has 0 aliphatic heterocycles.